The molecule has 6 heteroatoms. The second-order valence-corrected chi connectivity index (χ2v) is 6.37. The molecule has 0 radical (unpaired) electrons. The summed E-state index contributed by atoms with van der Waals surface area (Å²) in [4.78, 5) is 22.4. The average molecular weight is 276 g/mol. The Bertz CT molecular complexity index is 277. The Morgan fingerprint density at radius 3 is 2.39 bits per heavy atom. The molecular formula is C12H24N2O3S. The SMILES string of the molecule is CSCC[C@@H](NC(=O)NCCC(C)(C)C)C(=O)O. The fourth-order valence-electron chi connectivity index (χ4n) is 1.25. The lowest BCUT2D eigenvalue weighted by molar-refractivity contribution is -0.139. The summed E-state index contributed by atoms with van der Waals surface area (Å²) in [5.41, 5.74) is 0.151. The molecule has 0 aliphatic heterocycles. The first-order valence-corrected chi connectivity index (χ1v) is 7.42. The van der Waals surface area contributed by atoms with E-state index in [4.69, 9.17) is 5.11 Å². The molecule has 0 aromatic heterocycles. The Balaban J connectivity index is 3.99. The third-order valence-electron chi connectivity index (χ3n) is 2.37. The number of aliphatic carboxylic acids is 1. The second-order valence-electron chi connectivity index (χ2n) is 5.38. The highest BCUT2D eigenvalue weighted by atomic mass is 32.2. The van der Waals surface area contributed by atoms with Crippen molar-refractivity contribution in [2.45, 2.75) is 39.7 Å². The van der Waals surface area contributed by atoms with Gasteiger partial charge in [-0.2, -0.15) is 11.8 Å². The van der Waals surface area contributed by atoms with Gasteiger partial charge in [0.15, 0.2) is 0 Å². The van der Waals surface area contributed by atoms with Gasteiger partial charge in [0.2, 0.25) is 0 Å². The molecule has 5 nitrogen and oxygen atoms in total. The molecule has 0 saturated carbocycles. The normalized spacial score (nSPS) is 12.9. The molecule has 0 unspecified atom stereocenters. The van der Waals surface area contributed by atoms with Gasteiger partial charge >= 0.3 is 12.0 Å². The van der Waals surface area contributed by atoms with Crippen LogP contribution in [-0.4, -0.2) is 41.7 Å². The maximum atomic E-state index is 11.5. The van der Waals surface area contributed by atoms with Crippen LogP contribution in [0, 0.1) is 5.41 Å². The largest absolute Gasteiger partial charge is 0.480 e. The maximum absolute atomic E-state index is 11.5. The molecule has 0 aromatic carbocycles. The third-order valence-corrected chi connectivity index (χ3v) is 3.02. The third kappa shape index (κ3) is 9.15. The number of nitrogens with one attached hydrogen (secondary N) is 2. The van der Waals surface area contributed by atoms with Gasteiger partial charge in [-0.05, 0) is 30.3 Å². The van der Waals surface area contributed by atoms with E-state index in [0.29, 0.717) is 18.7 Å². The summed E-state index contributed by atoms with van der Waals surface area (Å²) < 4.78 is 0. The monoisotopic (exact) mass is 276 g/mol. The Hall–Kier alpha value is -0.910. The van der Waals surface area contributed by atoms with Gasteiger partial charge in [-0.15, -0.1) is 0 Å². The molecule has 0 spiro atoms. The first-order valence-electron chi connectivity index (χ1n) is 6.02. The van der Waals surface area contributed by atoms with Crippen LogP contribution in [-0.2, 0) is 4.79 Å². The van der Waals surface area contributed by atoms with E-state index in [1.807, 2.05) is 6.26 Å². The highest BCUT2D eigenvalue weighted by molar-refractivity contribution is 7.98. The van der Waals surface area contributed by atoms with E-state index in [1.54, 1.807) is 11.8 Å². The molecule has 0 bridgehead atoms. The highest BCUT2D eigenvalue weighted by Crippen LogP contribution is 2.16. The lowest BCUT2D eigenvalue weighted by Crippen LogP contribution is -2.46. The summed E-state index contributed by atoms with van der Waals surface area (Å²) in [6.45, 7) is 6.81. The van der Waals surface area contributed by atoms with Crippen molar-refractivity contribution in [2.24, 2.45) is 5.41 Å². The molecule has 2 amide bonds. The molecule has 18 heavy (non-hydrogen) atoms. The molecule has 0 heterocycles. The van der Waals surface area contributed by atoms with Gasteiger partial charge in [0.25, 0.3) is 0 Å². The Morgan fingerprint density at radius 2 is 1.94 bits per heavy atom. The van der Waals surface area contributed by atoms with Gasteiger partial charge < -0.3 is 15.7 Å². The second kappa shape index (κ2) is 8.24. The zero-order valence-electron chi connectivity index (χ0n) is 11.6. The van der Waals surface area contributed by atoms with Crippen LogP contribution in [0.3, 0.4) is 0 Å². The maximum Gasteiger partial charge on any atom is 0.326 e. The Morgan fingerprint density at radius 1 is 1.33 bits per heavy atom. The van der Waals surface area contributed by atoms with Crippen molar-refractivity contribution >= 4 is 23.8 Å². The van der Waals surface area contributed by atoms with Crippen LogP contribution < -0.4 is 10.6 Å². The van der Waals surface area contributed by atoms with Crippen molar-refractivity contribution in [3.8, 4) is 0 Å². The summed E-state index contributed by atoms with van der Waals surface area (Å²) >= 11 is 1.56. The van der Waals surface area contributed by atoms with Gasteiger partial charge in [0.1, 0.15) is 6.04 Å². The minimum atomic E-state index is -0.991. The number of amides is 2. The predicted molar refractivity (Wildman–Crippen MR) is 75.0 cm³/mol. The first kappa shape index (κ1) is 17.1. The number of hydrogen-bond donors (Lipinski definition) is 3. The van der Waals surface area contributed by atoms with Crippen molar-refractivity contribution in [2.75, 3.05) is 18.6 Å². The van der Waals surface area contributed by atoms with Crippen molar-refractivity contribution in [3.63, 3.8) is 0 Å². The van der Waals surface area contributed by atoms with Crippen LogP contribution in [0.5, 0.6) is 0 Å². The number of carboxylic acid groups (broad SMARTS) is 1. The van der Waals surface area contributed by atoms with E-state index in [1.165, 1.54) is 0 Å². The zero-order valence-corrected chi connectivity index (χ0v) is 12.4. The van der Waals surface area contributed by atoms with Gasteiger partial charge in [-0.25, -0.2) is 9.59 Å². The smallest absolute Gasteiger partial charge is 0.326 e. The van der Waals surface area contributed by atoms with Crippen LogP contribution >= 0.6 is 11.8 Å². The molecule has 0 fully saturated rings. The topological polar surface area (TPSA) is 78.4 Å². The molecule has 0 aliphatic carbocycles. The van der Waals surface area contributed by atoms with E-state index >= 15 is 0 Å². The van der Waals surface area contributed by atoms with E-state index < -0.39 is 18.0 Å². The van der Waals surface area contributed by atoms with Crippen molar-refractivity contribution in [1.82, 2.24) is 10.6 Å². The average Bonchev–Trinajstić information content (AvgIpc) is 2.21. The molecule has 0 rings (SSSR count). The lowest BCUT2D eigenvalue weighted by Gasteiger charge is -2.19. The fraction of sp³-hybridized carbons (Fsp3) is 0.833. The van der Waals surface area contributed by atoms with Crippen LogP contribution in [0.2, 0.25) is 0 Å². The van der Waals surface area contributed by atoms with Crippen molar-refractivity contribution < 1.29 is 14.7 Å². The van der Waals surface area contributed by atoms with Crippen LogP contribution in [0.4, 0.5) is 4.79 Å². The molecular weight excluding hydrogens is 252 g/mol. The van der Waals surface area contributed by atoms with Gasteiger partial charge in [0, 0.05) is 6.54 Å². The van der Waals surface area contributed by atoms with Crippen LogP contribution in [0.25, 0.3) is 0 Å². The van der Waals surface area contributed by atoms with Gasteiger partial charge in [-0.1, -0.05) is 20.8 Å². The van der Waals surface area contributed by atoms with Gasteiger partial charge in [0.05, 0.1) is 0 Å². The van der Waals surface area contributed by atoms with E-state index in [-0.39, 0.29) is 5.41 Å². The zero-order chi connectivity index (χ0) is 14.2. The molecule has 1 atom stereocenters. The van der Waals surface area contributed by atoms with E-state index in [9.17, 15) is 9.59 Å². The van der Waals surface area contributed by atoms with E-state index in [0.717, 1.165) is 6.42 Å². The number of hydrogen-bond acceptors (Lipinski definition) is 3. The number of thioether (sulfide) groups is 1. The quantitative estimate of drug-likeness (QED) is 0.664. The Kier molecular flexibility index (Phi) is 7.82. The van der Waals surface area contributed by atoms with Crippen LogP contribution in [0.15, 0.2) is 0 Å². The highest BCUT2D eigenvalue weighted by Gasteiger charge is 2.19. The minimum absolute atomic E-state index is 0.151. The summed E-state index contributed by atoms with van der Waals surface area (Å²) in [7, 11) is 0. The molecule has 0 aliphatic rings. The number of carboxylic acids is 1. The van der Waals surface area contributed by atoms with E-state index in [2.05, 4.69) is 31.4 Å². The fourth-order valence-corrected chi connectivity index (χ4v) is 1.72. The summed E-state index contributed by atoms with van der Waals surface area (Å²) in [5, 5.41) is 14.1. The molecule has 0 saturated heterocycles. The minimum Gasteiger partial charge on any atom is -0.480 e. The molecule has 106 valence electrons. The number of urea groups is 1. The lowest BCUT2D eigenvalue weighted by atomic mass is 9.92. The number of carbonyl (C=O) groups excluding carboxylic acids is 1. The van der Waals surface area contributed by atoms with Crippen molar-refractivity contribution in [3.05, 3.63) is 0 Å². The standard InChI is InChI=1S/C12H24N2O3S/c1-12(2,3)6-7-13-11(17)14-9(10(15)16)5-8-18-4/h9H,5-8H2,1-4H3,(H,15,16)(H2,13,14,17)/t9-/m1/s1. The summed E-state index contributed by atoms with van der Waals surface area (Å²) in [5.74, 6) is -0.283. The molecule has 3 N–H and O–H groups in total. The molecule has 0 aromatic rings. The number of rotatable bonds is 7. The predicted octanol–water partition coefficient (Wildman–Crippen LogP) is 1.93. The first-order chi connectivity index (χ1) is 8.26. The summed E-state index contributed by atoms with van der Waals surface area (Å²) in [6, 6.07) is -1.22. The Labute approximate surface area is 113 Å². The number of carbonyl (C=O) groups is 2. The summed E-state index contributed by atoms with van der Waals surface area (Å²) in [6.07, 6.45) is 3.19. The van der Waals surface area contributed by atoms with Crippen molar-refractivity contribution in [1.29, 1.82) is 0 Å². The van der Waals surface area contributed by atoms with Crippen LogP contribution in [0.1, 0.15) is 33.6 Å². The van der Waals surface area contributed by atoms with Gasteiger partial charge in [-0.3, -0.25) is 0 Å².